The summed E-state index contributed by atoms with van der Waals surface area (Å²) in [4.78, 5) is 0. The number of benzene rings is 1. The van der Waals surface area contributed by atoms with Gasteiger partial charge in [-0.15, -0.1) is 0 Å². The first-order chi connectivity index (χ1) is 11.2. The van der Waals surface area contributed by atoms with E-state index in [1.165, 1.54) is 6.07 Å². The highest BCUT2D eigenvalue weighted by atomic mass is 19.4. The van der Waals surface area contributed by atoms with Crippen molar-refractivity contribution < 1.29 is 13.2 Å². The Morgan fingerprint density at radius 3 is 2.71 bits per heavy atom. The lowest BCUT2D eigenvalue weighted by atomic mass is 9.75. The van der Waals surface area contributed by atoms with Crippen LogP contribution in [0, 0.1) is 5.41 Å². The van der Waals surface area contributed by atoms with E-state index in [-0.39, 0.29) is 5.41 Å². The minimum absolute atomic E-state index is 0.00872. The van der Waals surface area contributed by atoms with Crippen molar-refractivity contribution in [3.05, 3.63) is 41.1 Å². The average Bonchev–Trinajstić information content (AvgIpc) is 2.87. The molecule has 5 nitrogen and oxygen atoms in total. The van der Waals surface area contributed by atoms with Crippen LogP contribution in [0.1, 0.15) is 37.1 Å². The number of hydrogen-bond donors (Lipinski definition) is 3. The molecule has 8 heteroatoms. The van der Waals surface area contributed by atoms with Gasteiger partial charge in [0.25, 0.3) is 0 Å². The second-order valence-corrected chi connectivity index (χ2v) is 6.72. The fourth-order valence-electron chi connectivity index (χ4n) is 3.01. The van der Waals surface area contributed by atoms with Crippen molar-refractivity contribution in [3.8, 4) is 0 Å². The number of anilines is 2. The highest BCUT2D eigenvalue weighted by molar-refractivity contribution is 6.07. The van der Waals surface area contributed by atoms with Crippen LogP contribution < -0.4 is 11.2 Å². The largest absolute Gasteiger partial charge is 0.416 e. The molecule has 0 fully saturated rings. The van der Waals surface area contributed by atoms with Crippen molar-refractivity contribution >= 4 is 17.2 Å². The number of aromatic amines is 1. The number of aromatic nitrogens is 2. The Morgan fingerprint density at radius 1 is 1.29 bits per heavy atom. The molecule has 1 aliphatic rings. The molecule has 128 valence electrons. The number of fused-ring (bicyclic) bond motifs is 1. The Balaban J connectivity index is 1.95. The Hall–Kier alpha value is -2.51. The third-order valence-electron chi connectivity index (χ3n) is 4.04. The normalized spacial score (nSPS) is 18.5. The summed E-state index contributed by atoms with van der Waals surface area (Å²) in [6, 6.07) is 4.99. The monoisotopic (exact) mass is 337 g/mol. The maximum atomic E-state index is 12.8. The van der Waals surface area contributed by atoms with Crippen LogP contribution in [-0.2, 0) is 12.6 Å². The lowest BCUT2D eigenvalue weighted by Crippen LogP contribution is -2.28. The number of rotatable bonds is 2. The number of alkyl halides is 3. The van der Waals surface area contributed by atoms with Gasteiger partial charge in [-0.1, -0.05) is 19.9 Å². The number of nitrogens with two attached hydrogens (primary N) is 1. The maximum absolute atomic E-state index is 12.8. The number of hydrogen-bond acceptors (Lipinski definition) is 4. The molecular weight excluding hydrogens is 319 g/mol. The molecule has 0 aliphatic heterocycles. The lowest BCUT2D eigenvalue weighted by Gasteiger charge is -2.29. The van der Waals surface area contributed by atoms with Gasteiger partial charge in [-0.05, 0) is 36.5 Å². The molecule has 3 rings (SSSR count). The van der Waals surface area contributed by atoms with E-state index < -0.39 is 11.7 Å². The highest BCUT2D eigenvalue weighted by Crippen LogP contribution is 2.38. The Kier molecular flexibility index (Phi) is 3.77. The van der Waals surface area contributed by atoms with E-state index in [1.807, 2.05) is 0 Å². The van der Waals surface area contributed by atoms with Gasteiger partial charge in [0.1, 0.15) is 0 Å². The zero-order valence-electron chi connectivity index (χ0n) is 13.3. The lowest BCUT2D eigenvalue weighted by molar-refractivity contribution is -0.137. The van der Waals surface area contributed by atoms with Gasteiger partial charge in [-0.2, -0.15) is 23.4 Å². The summed E-state index contributed by atoms with van der Waals surface area (Å²) >= 11 is 0. The fraction of sp³-hybridized carbons (Fsp3) is 0.375. The Morgan fingerprint density at radius 2 is 2.04 bits per heavy atom. The second kappa shape index (κ2) is 5.54. The van der Waals surface area contributed by atoms with Crippen LogP contribution in [0.4, 0.5) is 24.7 Å². The molecule has 0 spiro atoms. The molecule has 0 amide bonds. The minimum Gasteiger partial charge on any atom is -0.338 e. The SMILES string of the molecule is CC1(C)C/C(=N\N)c2c(Nc3cccc(C(F)(F)F)c3)n[nH]c2C1. The summed E-state index contributed by atoms with van der Waals surface area (Å²) in [7, 11) is 0. The van der Waals surface area contributed by atoms with Crippen LogP contribution in [-0.4, -0.2) is 15.9 Å². The molecule has 0 saturated heterocycles. The minimum atomic E-state index is -4.39. The highest BCUT2D eigenvalue weighted by Gasteiger charge is 2.34. The number of H-pyrrole nitrogens is 1. The molecule has 0 unspecified atom stereocenters. The standard InChI is InChI=1S/C16H18F3N5/c1-15(2)7-11(22-20)13-12(8-15)23-24-14(13)21-10-5-3-4-9(6-10)16(17,18)19/h3-6H,7-8,20H2,1-2H3,(H2,21,23,24)/b22-11+. The van der Waals surface area contributed by atoms with Crippen molar-refractivity contribution in [2.45, 2.75) is 32.9 Å². The molecule has 0 saturated carbocycles. The predicted molar refractivity (Wildman–Crippen MR) is 86.1 cm³/mol. The van der Waals surface area contributed by atoms with E-state index in [0.29, 0.717) is 23.6 Å². The van der Waals surface area contributed by atoms with Gasteiger partial charge in [-0.25, -0.2) is 0 Å². The molecule has 4 N–H and O–H groups in total. The Bertz CT molecular complexity index is 789. The molecule has 0 bridgehead atoms. The molecule has 1 heterocycles. The zero-order chi connectivity index (χ0) is 17.5. The molecule has 2 aromatic rings. The number of hydrazone groups is 1. The van der Waals surface area contributed by atoms with Crippen LogP contribution >= 0.6 is 0 Å². The van der Waals surface area contributed by atoms with Crippen molar-refractivity contribution in [2.75, 3.05) is 5.32 Å². The van der Waals surface area contributed by atoms with Crippen molar-refractivity contribution in [2.24, 2.45) is 16.4 Å². The van der Waals surface area contributed by atoms with Crippen LogP contribution in [0.2, 0.25) is 0 Å². The Labute approximate surface area is 137 Å². The number of nitrogens with one attached hydrogen (secondary N) is 2. The van der Waals surface area contributed by atoms with Gasteiger partial charge < -0.3 is 11.2 Å². The first-order valence-corrected chi connectivity index (χ1v) is 7.48. The summed E-state index contributed by atoms with van der Waals surface area (Å²) in [6.07, 6.45) is -2.96. The van der Waals surface area contributed by atoms with Crippen LogP contribution in [0.3, 0.4) is 0 Å². The average molecular weight is 337 g/mol. The second-order valence-electron chi connectivity index (χ2n) is 6.72. The third-order valence-corrected chi connectivity index (χ3v) is 4.04. The first-order valence-electron chi connectivity index (χ1n) is 7.48. The topological polar surface area (TPSA) is 79.1 Å². The number of nitrogens with zero attached hydrogens (tertiary/aromatic N) is 2. The van der Waals surface area contributed by atoms with Crippen LogP contribution in [0.15, 0.2) is 29.4 Å². The summed E-state index contributed by atoms with van der Waals surface area (Å²) in [5.41, 5.74) is 1.89. The molecule has 1 aromatic carbocycles. The first kappa shape index (κ1) is 16.4. The smallest absolute Gasteiger partial charge is 0.338 e. The zero-order valence-corrected chi connectivity index (χ0v) is 13.3. The van der Waals surface area contributed by atoms with Gasteiger partial charge in [0.2, 0.25) is 0 Å². The summed E-state index contributed by atoms with van der Waals surface area (Å²) in [5.74, 6) is 5.95. The van der Waals surface area contributed by atoms with Gasteiger partial charge in [0.05, 0.1) is 16.8 Å². The summed E-state index contributed by atoms with van der Waals surface area (Å²) in [6.45, 7) is 4.20. The van der Waals surface area contributed by atoms with Gasteiger partial charge in [0.15, 0.2) is 5.82 Å². The van der Waals surface area contributed by atoms with E-state index in [2.05, 4.69) is 34.5 Å². The molecule has 0 radical (unpaired) electrons. The van der Waals surface area contributed by atoms with Gasteiger partial charge in [0, 0.05) is 11.4 Å². The predicted octanol–water partition coefficient (Wildman–Crippen LogP) is 3.81. The van der Waals surface area contributed by atoms with Crippen molar-refractivity contribution in [3.63, 3.8) is 0 Å². The summed E-state index contributed by atoms with van der Waals surface area (Å²) in [5, 5.41) is 13.9. The molecule has 24 heavy (non-hydrogen) atoms. The van der Waals surface area contributed by atoms with Crippen molar-refractivity contribution in [1.82, 2.24) is 10.2 Å². The van der Waals surface area contributed by atoms with Gasteiger partial charge in [-0.3, -0.25) is 5.10 Å². The number of halogens is 3. The molecule has 1 aromatic heterocycles. The van der Waals surface area contributed by atoms with E-state index in [0.717, 1.165) is 29.8 Å². The van der Waals surface area contributed by atoms with Crippen molar-refractivity contribution in [1.29, 1.82) is 0 Å². The third kappa shape index (κ3) is 3.08. The summed E-state index contributed by atoms with van der Waals surface area (Å²) < 4.78 is 38.5. The van der Waals surface area contributed by atoms with Crippen LogP contribution in [0.25, 0.3) is 0 Å². The quantitative estimate of drug-likeness (QED) is 0.576. The fourth-order valence-corrected chi connectivity index (χ4v) is 3.01. The van der Waals surface area contributed by atoms with E-state index in [1.54, 1.807) is 6.07 Å². The van der Waals surface area contributed by atoms with Crippen LogP contribution in [0.5, 0.6) is 0 Å². The van der Waals surface area contributed by atoms with E-state index in [9.17, 15) is 13.2 Å². The van der Waals surface area contributed by atoms with Gasteiger partial charge >= 0.3 is 6.18 Å². The molecule has 1 aliphatic carbocycles. The molecule has 0 atom stereocenters. The molecular formula is C16H18F3N5. The van der Waals surface area contributed by atoms with E-state index in [4.69, 9.17) is 5.84 Å². The maximum Gasteiger partial charge on any atom is 0.416 e. The van der Waals surface area contributed by atoms with E-state index >= 15 is 0 Å².